The Bertz CT molecular complexity index is 1060. The molecule has 32 heavy (non-hydrogen) atoms. The molecule has 0 amide bonds. The van der Waals surface area contributed by atoms with Gasteiger partial charge < -0.3 is 23.3 Å². The lowest BCUT2D eigenvalue weighted by molar-refractivity contribution is -0.139. The van der Waals surface area contributed by atoms with Gasteiger partial charge in [0.1, 0.15) is 12.4 Å². The summed E-state index contributed by atoms with van der Waals surface area (Å²) in [6.45, 7) is 8.06. The highest BCUT2D eigenvalue weighted by Gasteiger charge is 2.12. The normalized spacial score (nSPS) is 11.3. The van der Waals surface area contributed by atoms with Crippen molar-refractivity contribution in [3.63, 3.8) is 0 Å². The molecular formula is C23H27N3O6. The number of methoxy groups -OCH3 is 1. The topological polar surface area (TPSA) is 110 Å². The largest absolute Gasteiger partial charge is 0.493 e. The van der Waals surface area contributed by atoms with Crippen molar-refractivity contribution < 1.29 is 28.1 Å². The van der Waals surface area contributed by atoms with Crippen molar-refractivity contribution >= 4 is 12.0 Å². The smallest absolute Gasteiger partial charge is 0.331 e. The summed E-state index contributed by atoms with van der Waals surface area (Å²) in [5.74, 6) is 2.59. The van der Waals surface area contributed by atoms with Crippen LogP contribution in [0, 0.1) is 19.8 Å². The quantitative estimate of drug-likeness (QED) is 0.337. The van der Waals surface area contributed by atoms with Crippen LogP contribution in [0.25, 0.3) is 6.08 Å². The molecule has 0 aliphatic rings. The number of ether oxygens (including phenoxy) is 3. The van der Waals surface area contributed by atoms with Gasteiger partial charge in [-0.2, -0.15) is 4.98 Å². The molecule has 9 nitrogen and oxygen atoms in total. The number of rotatable bonds is 10. The molecule has 170 valence electrons. The molecule has 2 aromatic heterocycles. The molecule has 0 aliphatic carbocycles. The highest BCUT2D eigenvalue weighted by Crippen LogP contribution is 2.30. The lowest BCUT2D eigenvalue weighted by atomic mass is 10.1. The Hall–Kier alpha value is -3.62. The van der Waals surface area contributed by atoms with Crippen LogP contribution >= 0.6 is 0 Å². The van der Waals surface area contributed by atoms with Gasteiger partial charge in [-0.3, -0.25) is 0 Å². The molecule has 0 unspecified atom stereocenters. The molecule has 0 N–H and O–H groups in total. The zero-order chi connectivity index (χ0) is 23.1. The molecule has 0 atom stereocenters. The summed E-state index contributed by atoms with van der Waals surface area (Å²) in [6, 6.07) is 5.35. The van der Waals surface area contributed by atoms with Crippen LogP contribution in [0.1, 0.15) is 48.1 Å². The Morgan fingerprint density at radius 2 is 1.94 bits per heavy atom. The first-order chi connectivity index (χ1) is 15.4. The van der Waals surface area contributed by atoms with E-state index >= 15 is 0 Å². The van der Waals surface area contributed by atoms with E-state index in [1.165, 1.54) is 6.08 Å². The first kappa shape index (κ1) is 23.1. The Morgan fingerprint density at radius 1 is 1.12 bits per heavy atom. The summed E-state index contributed by atoms with van der Waals surface area (Å²) in [5.41, 5.74) is 2.44. The first-order valence-corrected chi connectivity index (χ1v) is 10.2. The summed E-state index contributed by atoms with van der Waals surface area (Å²) in [4.78, 5) is 16.2. The molecule has 0 fully saturated rings. The molecule has 0 aliphatic heterocycles. The van der Waals surface area contributed by atoms with Gasteiger partial charge in [-0.1, -0.05) is 30.2 Å². The van der Waals surface area contributed by atoms with Crippen molar-refractivity contribution in [1.29, 1.82) is 0 Å². The first-order valence-electron chi connectivity index (χ1n) is 10.2. The summed E-state index contributed by atoms with van der Waals surface area (Å²) in [7, 11) is 1.55. The number of aryl methyl sites for hydroxylation is 2. The Labute approximate surface area is 186 Å². The van der Waals surface area contributed by atoms with E-state index in [1.54, 1.807) is 25.3 Å². The van der Waals surface area contributed by atoms with Gasteiger partial charge >= 0.3 is 5.97 Å². The molecule has 1 aromatic carbocycles. The predicted molar refractivity (Wildman–Crippen MR) is 115 cm³/mol. The number of hydrogen-bond acceptors (Lipinski definition) is 9. The van der Waals surface area contributed by atoms with E-state index in [-0.39, 0.29) is 12.5 Å². The molecule has 2 heterocycles. The van der Waals surface area contributed by atoms with E-state index in [2.05, 4.69) is 29.1 Å². The van der Waals surface area contributed by atoms with E-state index in [0.29, 0.717) is 36.3 Å². The minimum Gasteiger partial charge on any atom is -0.493 e. The third-order valence-corrected chi connectivity index (χ3v) is 4.59. The molecule has 0 bridgehead atoms. The average molecular weight is 441 g/mol. The maximum absolute atomic E-state index is 12.0. The lowest BCUT2D eigenvalue weighted by Crippen LogP contribution is -2.02. The maximum atomic E-state index is 12.0. The molecule has 0 radical (unpaired) electrons. The third kappa shape index (κ3) is 6.19. The molecule has 3 rings (SSSR count). The minimum absolute atomic E-state index is 0.0773. The van der Waals surface area contributed by atoms with Crippen LogP contribution in [0.15, 0.2) is 33.3 Å². The van der Waals surface area contributed by atoms with E-state index in [1.807, 2.05) is 19.9 Å². The number of hydrogen-bond donors (Lipinski definition) is 0. The van der Waals surface area contributed by atoms with E-state index in [0.717, 1.165) is 22.6 Å². The van der Waals surface area contributed by atoms with Gasteiger partial charge in [0.2, 0.25) is 0 Å². The highest BCUT2D eigenvalue weighted by molar-refractivity contribution is 5.87. The van der Waals surface area contributed by atoms with Crippen molar-refractivity contribution in [3.05, 3.63) is 58.6 Å². The van der Waals surface area contributed by atoms with Gasteiger partial charge in [-0.25, -0.2) is 4.79 Å². The fraction of sp³-hybridized carbons (Fsp3) is 0.391. The average Bonchev–Trinajstić information content (AvgIpc) is 3.34. The summed E-state index contributed by atoms with van der Waals surface area (Å²) in [5, 5.41) is 7.79. The fourth-order valence-electron chi connectivity index (χ4n) is 2.91. The monoisotopic (exact) mass is 441 g/mol. The highest BCUT2D eigenvalue weighted by atomic mass is 16.6. The predicted octanol–water partition coefficient (Wildman–Crippen LogP) is 4.22. The molecule has 0 saturated heterocycles. The van der Waals surface area contributed by atoms with Gasteiger partial charge in [-0.15, -0.1) is 0 Å². The number of carbonyl (C=O) groups excluding carboxylic acids is 1. The Morgan fingerprint density at radius 3 is 2.62 bits per heavy atom. The number of carbonyl (C=O) groups is 1. The van der Waals surface area contributed by atoms with Gasteiger partial charge in [0.05, 0.1) is 18.4 Å². The molecular weight excluding hydrogens is 414 g/mol. The summed E-state index contributed by atoms with van der Waals surface area (Å²) < 4.78 is 26.7. The Kier molecular flexibility index (Phi) is 7.64. The van der Waals surface area contributed by atoms with Crippen molar-refractivity contribution in [1.82, 2.24) is 15.3 Å². The zero-order valence-electron chi connectivity index (χ0n) is 18.9. The van der Waals surface area contributed by atoms with Crippen molar-refractivity contribution in [2.45, 2.75) is 47.3 Å². The van der Waals surface area contributed by atoms with Gasteiger partial charge in [0.25, 0.3) is 5.89 Å². The molecule has 0 spiro atoms. The van der Waals surface area contributed by atoms with Crippen LogP contribution in [-0.4, -0.2) is 28.4 Å². The van der Waals surface area contributed by atoms with Crippen LogP contribution < -0.4 is 9.47 Å². The molecule has 3 aromatic rings. The Balaban J connectivity index is 1.55. The van der Waals surface area contributed by atoms with Crippen molar-refractivity contribution in [2.75, 3.05) is 7.11 Å². The van der Waals surface area contributed by atoms with E-state index in [4.69, 9.17) is 23.3 Å². The second kappa shape index (κ2) is 10.6. The van der Waals surface area contributed by atoms with Crippen LogP contribution in [-0.2, 0) is 29.2 Å². The number of nitrogens with zero attached hydrogens (tertiary/aromatic N) is 3. The molecule has 0 saturated carbocycles. The maximum Gasteiger partial charge on any atom is 0.331 e. The minimum atomic E-state index is -0.522. The summed E-state index contributed by atoms with van der Waals surface area (Å²) >= 11 is 0. The van der Waals surface area contributed by atoms with Gasteiger partial charge in [-0.05, 0) is 43.5 Å². The van der Waals surface area contributed by atoms with Gasteiger partial charge in [0.15, 0.2) is 23.9 Å². The van der Waals surface area contributed by atoms with E-state index < -0.39 is 5.97 Å². The number of esters is 1. The van der Waals surface area contributed by atoms with Crippen molar-refractivity contribution in [3.8, 4) is 11.5 Å². The second-order valence-electron chi connectivity index (χ2n) is 7.65. The van der Waals surface area contributed by atoms with Crippen LogP contribution in [0.5, 0.6) is 11.5 Å². The van der Waals surface area contributed by atoms with Gasteiger partial charge in [0, 0.05) is 12.5 Å². The number of aromatic nitrogens is 3. The lowest BCUT2D eigenvalue weighted by Gasteiger charge is -2.11. The van der Waals surface area contributed by atoms with Crippen molar-refractivity contribution in [2.24, 2.45) is 5.92 Å². The second-order valence-corrected chi connectivity index (χ2v) is 7.65. The molecule has 9 heteroatoms. The summed E-state index contributed by atoms with van der Waals surface area (Å²) in [6.07, 6.45) is 3.66. The van der Waals surface area contributed by atoms with Crippen LogP contribution in [0.2, 0.25) is 0 Å². The fourth-order valence-corrected chi connectivity index (χ4v) is 2.91. The zero-order valence-corrected chi connectivity index (χ0v) is 18.9. The standard InChI is InChI=1S/C23H27N3O6/c1-14(2)10-21-24-22(32-26-21)13-30-23(27)9-7-17-6-8-19(20(11-17)28-5)29-12-18-15(3)25-31-16(18)4/h6-9,11,14H,10,12-13H2,1-5H3/b9-7+. The number of benzene rings is 1. The third-order valence-electron chi connectivity index (χ3n) is 4.59. The SMILES string of the molecule is COc1cc(/C=C/C(=O)OCc2nc(CC(C)C)no2)ccc1OCc1c(C)noc1C. The van der Waals surface area contributed by atoms with Crippen LogP contribution in [0.3, 0.4) is 0 Å². The van der Waals surface area contributed by atoms with Crippen LogP contribution in [0.4, 0.5) is 0 Å². The van der Waals surface area contributed by atoms with E-state index in [9.17, 15) is 4.79 Å².